The second-order valence-corrected chi connectivity index (χ2v) is 6.81. The van der Waals surface area contributed by atoms with Crippen LogP contribution in [0, 0.1) is 0 Å². The highest BCUT2D eigenvalue weighted by Gasteiger charge is 2.60. The predicted molar refractivity (Wildman–Crippen MR) is 83.3 cm³/mol. The highest BCUT2D eigenvalue weighted by atomic mass is 16.5. The van der Waals surface area contributed by atoms with E-state index in [0.717, 1.165) is 11.0 Å². The molecule has 1 aliphatic carbocycles. The summed E-state index contributed by atoms with van der Waals surface area (Å²) in [6.07, 6.45) is 2.82. The lowest BCUT2D eigenvalue weighted by atomic mass is 9.66. The second-order valence-electron chi connectivity index (χ2n) is 6.81. The van der Waals surface area contributed by atoms with E-state index < -0.39 is 40.9 Å². The molecule has 2 aliphatic heterocycles. The zero-order chi connectivity index (χ0) is 18.4. The first-order chi connectivity index (χ1) is 11.7. The Morgan fingerprint density at radius 1 is 1.12 bits per heavy atom. The molecule has 1 saturated carbocycles. The first-order valence-corrected chi connectivity index (χ1v) is 8.14. The van der Waals surface area contributed by atoms with Crippen molar-refractivity contribution in [2.75, 3.05) is 0 Å². The van der Waals surface area contributed by atoms with E-state index in [2.05, 4.69) is 10.8 Å². The number of likely N-dealkylation sites (tertiary alicyclic amines) is 1. The molecule has 3 rings (SSSR count). The summed E-state index contributed by atoms with van der Waals surface area (Å²) in [6, 6.07) is -1.28. The monoisotopic (exact) mass is 351 g/mol. The molecule has 7 N–H and O–H groups in total. The minimum atomic E-state index is -1.55. The second kappa shape index (κ2) is 5.99. The van der Waals surface area contributed by atoms with Crippen LogP contribution in [0.4, 0.5) is 0 Å². The highest BCUT2D eigenvalue weighted by molar-refractivity contribution is 6.18. The average Bonchev–Trinajstić information content (AvgIpc) is 3.04. The van der Waals surface area contributed by atoms with Crippen LogP contribution in [0.1, 0.15) is 38.5 Å². The molecule has 0 aromatic carbocycles. The van der Waals surface area contributed by atoms with E-state index in [1.54, 1.807) is 0 Å². The zero-order valence-corrected chi connectivity index (χ0v) is 13.6. The maximum Gasteiger partial charge on any atom is 0.256 e. The molecule has 2 unspecified atom stereocenters. The summed E-state index contributed by atoms with van der Waals surface area (Å²) in [5.74, 6) is -2.40. The Hall–Kier alpha value is -2.14. The Kier molecular flexibility index (Phi) is 4.23. The number of nitrogens with one attached hydrogen (secondary N) is 2. The number of carbonyl (C=O) groups is 4. The van der Waals surface area contributed by atoms with E-state index in [1.165, 1.54) is 0 Å². The normalized spacial score (nSPS) is 30.5. The molecule has 0 bridgehead atoms. The summed E-state index contributed by atoms with van der Waals surface area (Å²) in [4.78, 5) is 49.5. The number of hydrogen-bond donors (Lipinski definition) is 5. The smallest absolute Gasteiger partial charge is 0.256 e. The van der Waals surface area contributed by atoms with Crippen molar-refractivity contribution in [2.45, 2.75) is 55.8 Å². The SMILES string of the molecule is NC1(N)CCCCC1(NO)C(C1=CC(=O)NC1=O)N1C(=O)CCC1=O. The van der Waals surface area contributed by atoms with Gasteiger partial charge in [-0.1, -0.05) is 12.8 Å². The van der Waals surface area contributed by atoms with E-state index in [0.29, 0.717) is 19.3 Å². The van der Waals surface area contributed by atoms with Crippen LogP contribution in [-0.4, -0.2) is 51.0 Å². The van der Waals surface area contributed by atoms with Crippen LogP contribution >= 0.6 is 0 Å². The summed E-state index contributed by atoms with van der Waals surface area (Å²) in [6.45, 7) is 0. The Balaban J connectivity index is 2.18. The third kappa shape index (κ3) is 2.58. The van der Waals surface area contributed by atoms with Gasteiger partial charge in [-0.3, -0.25) is 29.4 Å². The Bertz CT molecular complexity index is 672. The molecule has 25 heavy (non-hydrogen) atoms. The maximum absolute atomic E-state index is 12.4. The summed E-state index contributed by atoms with van der Waals surface area (Å²) < 4.78 is 0. The van der Waals surface area contributed by atoms with Gasteiger partial charge in [-0.25, -0.2) is 0 Å². The molecular formula is C15H21N5O5. The van der Waals surface area contributed by atoms with Crippen LogP contribution in [0.2, 0.25) is 0 Å². The molecule has 10 heteroatoms. The predicted octanol–water partition coefficient (Wildman–Crippen LogP) is -2.01. The van der Waals surface area contributed by atoms with Gasteiger partial charge in [-0.15, -0.1) is 0 Å². The van der Waals surface area contributed by atoms with Crippen LogP contribution in [0.15, 0.2) is 11.6 Å². The van der Waals surface area contributed by atoms with Gasteiger partial charge in [0.1, 0.15) is 0 Å². The van der Waals surface area contributed by atoms with Crippen molar-refractivity contribution >= 4 is 23.6 Å². The van der Waals surface area contributed by atoms with Gasteiger partial charge in [-0.2, -0.15) is 5.48 Å². The van der Waals surface area contributed by atoms with Crippen molar-refractivity contribution in [1.82, 2.24) is 15.7 Å². The van der Waals surface area contributed by atoms with E-state index >= 15 is 0 Å². The minimum Gasteiger partial charge on any atom is -0.316 e. The summed E-state index contributed by atoms with van der Waals surface area (Å²) >= 11 is 0. The van der Waals surface area contributed by atoms with Gasteiger partial charge in [0.15, 0.2) is 0 Å². The molecule has 2 heterocycles. The minimum absolute atomic E-state index is 0.0121. The molecule has 136 valence electrons. The van der Waals surface area contributed by atoms with Crippen molar-refractivity contribution in [3.63, 3.8) is 0 Å². The molecule has 0 radical (unpaired) electrons. The zero-order valence-electron chi connectivity index (χ0n) is 13.6. The molecule has 10 nitrogen and oxygen atoms in total. The van der Waals surface area contributed by atoms with Gasteiger partial charge >= 0.3 is 0 Å². The van der Waals surface area contributed by atoms with Gasteiger partial charge in [0, 0.05) is 24.5 Å². The molecule has 0 aromatic rings. The van der Waals surface area contributed by atoms with Crippen molar-refractivity contribution in [2.24, 2.45) is 11.5 Å². The molecule has 4 amide bonds. The molecule has 0 aromatic heterocycles. The van der Waals surface area contributed by atoms with E-state index in [-0.39, 0.29) is 24.8 Å². The van der Waals surface area contributed by atoms with Crippen molar-refractivity contribution in [3.8, 4) is 0 Å². The maximum atomic E-state index is 12.4. The lowest BCUT2D eigenvalue weighted by Crippen LogP contribution is -2.80. The van der Waals surface area contributed by atoms with Gasteiger partial charge in [0.2, 0.25) is 11.8 Å². The van der Waals surface area contributed by atoms with Crippen LogP contribution < -0.4 is 22.3 Å². The number of amides is 4. The molecular weight excluding hydrogens is 330 g/mol. The third-order valence-corrected chi connectivity index (χ3v) is 5.34. The Labute approximate surface area is 143 Å². The average molecular weight is 351 g/mol. The van der Waals surface area contributed by atoms with Gasteiger partial charge < -0.3 is 16.7 Å². The van der Waals surface area contributed by atoms with Gasteiger partial charge in [0.05, 0.1) is 17.2 Å². The Morgan fingerprint density at radius 2 is 1.72 bits per heavy atom. The molecule has 2 fully saturated rings. The van der Waals surface area contributed by atoms with E-state index in [9.17, 15) is 24.4 Å². The fourth-order valence-corrected chi connectivity index (χ4v) is 4.03. The van der Waals surface area contributed by atoms with Crippen molar-refractivity contribution in [1.29, 1.82) is 0 Å². The summed E-state index contributed by atoms with van der Waals surface area (Å²) in [7, 11) is 0. The fraction of sp³-hybridized carbons (Fsp3) is 0.600. The molecule has 1 saturated heterocycles. The molecule has 2 atom stereocenters. The largest absolute Gasteiger partial charge is 0.316 e. The van der Waals surface area contributed by atoms with Crippen LogP contribution in [0.5, 0.6) is 0 Å². The first-order valence-electron chi connectivity index (χ1n) is 8.14. The number of nitrogens with two attached hydrogens (primary N) is 2. The number of nitrogens with zero attached hydrogens (tertiary/aromatic N) is 1. The number of hydrogen-bond acceptors (Lipinski definition) is 8. The van der Waals surface area contributed by atoms with Crippen molar-refractivity contribution in [3.05, 3.63) is 11.6 Å². The number of hydroxylamine groups is 1. The number of carbonyl (C=O) groups excluding carboxylic acids is 4. The lowest BCUT2D eigenvalue weighted by Gasteiger charge is -2.54. The highest BCUT2D eigenvalue weighted by Crippen LogP contribution is 2.41. The van der Waals surface area contributed by atoms with E-state index in [4.69, 9.17) is 11.5 Å². The molecule has 0 spiro atoms. The van der Waals surface area contributed by atoms with Crippen LogP contribution in [-0.2, 0) is 19.2 Å². The fourth-order valence-electron chi connectivity index (χ4n) is 4.03. The lowest BCUT2D eigenvalue weighted by molar-refractivity contribution is -0.147. The molecule has 3 aliphatic rings. The van der Waals surface area contributed by atoms with Crippen molar-refractivity contribution < 1.29 is 24.4 Å². The topological polar surface area (TPSA) is 168 Å². The third-order valence-electron chi connectivity index (χ3n) is 5.34. The number of imide groups is 2. The van der Waals surface area contributed by atoms with Crippen LogP contribution in [0.25, 0.3) is 0 Å². The summed E-state index contributed by atoms with van der Waals surface area (Å²) in [5, 5.41) is 12.1. The van der Waals surface area contributed by atoms with Crippen LogP contribution in [0.3, 0.4) is 0 Å². The van der Waals surface area contributed by atoms with Gasteiger partial charge in [0.25, 0.3) is 11.8 Å². The standard InChI is InChI=1S/C15H21N5O5/c16-15(17)6-2-1-5-14(15,19-25)12(8-7-9(21)18-13(8)24)20-10(22)3-4-11(20)23/h7,12,19,25H,1-6,16-17H2,(H,18,21,24). The Morgan fingerprint density at radius 3 is 2.20 bits per heavy atom. The number of rotatable bonds is 4. The van der Waals surface area contributed by atoms with E-state index in [1.807, 2.05) is 0 Å². The first kappa shape index (κ1) is 17.7. The quantitative estimate of drug-likeness (QED) is 0.220. The summed E-state index contributed by atoms with van der Waals surface area (Å²) in [5.41, 5.74) is 11.4. The van der Waals surface area contributed by atoms with Gasteiger partial charge in [-0.05, 0) is 12.8 Å².